The Labute approximate surface area is 87.8 Å². The second-order valence-electron chi connectivity index (χ2n) is 3.54. The van der Waals surface area contributed by atoms with Gasteiger partial charge in [0.05, 0.1) is 6.54 Å². The second kappa shape index (κ2) is 3.67. The molecule has 0 spiro atoms. The first-order valence-electron chi connectivity index (χ1n) is 4.79. The number of azide groups is 1. The number of rotatable bonds is 2. The summed E-state index contributed by atoms with van der Waals surface area (Å²) in [4.78, 5) is 2.80. The maximum absolute atomic E-state index is 8.33. The van der Waals surface area contributed by atoms with Gasteiger partial charge in [-0.15, -0.1) is 0 Å². The van der Waals surface area contributed by atoms with Crippen molar-refractivity contribution in [1.29, 1.82) is 0 Å². The van der Waals surface area contributed by atoms with Gasteiger partial charge in [-0.3, -0.25) is 0 Å². The summed E-state index contributed by atoms with van der Waals surface area (Å²) in [6.07, 6.45) is 0. The molecule has 0 aliphatic carbocycles. The van der Waals surface area contributed by atoms with Gasteiger partial charge < -0.3 is 4.57 Å². The Bertz CT molecular complexity index is 508. The molecule has 4 heteroatoms. The van der Waals surface area contributed by atoms with Crippen LogP contribution >= 0.6 is 0 Å². The highest BCUT2D eigenvalue weighted by Crippen LogP contribution is 2.24. The van der Waals surface area contributed by atoms with E-state index in [0.717, 1.165) is 5.69 Å². The highest BCUT2D eigenvalue weighted by molar-refractivity contribution is 5.85. The van der Waals surface area contributed by atoms with Crippen molar-refractivity contribution in [3.05, 3.63) is 46.0 Å². The zero-order chi connectivity index (χ0) is 10.8. The molecule has 0 saturated heterocycles. The number of para-hydroxylation sites is 1. The number of fused-ring (bicyclic) bond motifs is 1. The Morgan fingerprint density at radius 2 is 2.13 bits per heavy atom. The van der Waals surface area contributed by atoms with E-state index in [1.165, 1.54) is 16.5 Å². The van der Waals surface area contributed by atoms with Gasteiger partial charge in [0.25, 0.3) is 0 Å². The largest absolute Gasteiger partial charge is 0.347 e. The fourth-order valence-corrected chi connectivity index (χ4v) is 1.96. The summed E-state index contributed by atoms with van der Waals surface area (Å²) in [6, 6.07) is 8.19. The van der Waals surface area contributed by atoms with Crippen molar-refractivity contribution >= 4 is 10.9 Å². The van der Waals surface area contributed by atoms with Crippen molar-refractivity contribution in [2.24, 2.45) is 12.2 Å². The van der Waals surface area contributed by atoms with Gasteiger partial charge in [0, 0.05) is 28.6 Å². The fourth-order valence-electron chi connectivity index (χ4n) is 1.96. The monoisotopic (exact) mass is 200 g/mol. The molecule has 0 amide bonds. The number of hydrogen-bond donors (Lipinski definition) is 0. The van der Waals surface area contributed by atoms with Crippen molar-refractivity contribution in [3.63, 3.8) is 0 Å². The smallest absolute Gasteiger partial charge is 0.0667 e. The molecule has 0 aliphatic heterocycles. The van der Waals surface area contributed by atoms with E-state index in [-0.39, 0.29) is 0 Å². The van der Waals surface area contributed by atoms with Crippen LogP contribution in [-0.2, 0) is 13.6 Å². The number of nitrogens with zero attached hydrogens (tertiary/aromatic N) is 4. The molecule has 0 aliphatic rings. The Balaban J connectivity index is 2.69. The van der Waals surface area contributed by atoms with Gasteiger partial charge in [-0.25, -0.2) is 0 Å². The minimum Gasteiger partial charge on any atom is -0.347 e. The maximum Gasteiger partial charge on any atom is 0.0667 e. The SMILES string of the molecule is Cc1c(CN=[N+]=[N-])n(C)c2ccccc12. The first-order chi connectivity index (χ1) is 7.25. The summed E-state index contributed by atoms with van der Waals surface area (Å²) < 4.78 is 2.08. The van der Waals surface area contributed by atoms with Crippen LogP contribution in [0, 0.1) is 6.92 Å². The topological polar surface area (TPSA) is 53.7 Å². The lowest BCUT2D eigenvalue weighted by Crippen LogP contribution is -1.95. The molecule has 76 valence electrons. The minimum atomic E-state index is 0.410. The molecule has 0 fully saturated rings. The standard InChI is InChI=1S/C11H12N4/c1-8-9-5-3-4-6-10(9)15(2)11(8)7-13-14-12/h3-6H,7H2,1-2H3. The molecule has 1 heterocycles. The third kappa shape index (κ3) is 1.45. The molecule has 0 radical (unpaired) electrons. The van der Waals surface area contributed by atoms with Crippen LogP contribution < -0.4 is 0 Å². The lowest BCUT2D eigenvalue weighted by molar-refractivity contribution is 0.836. The van der Waals surface area contributed by atoms with Crippen LogP contribution in [-0.4, -0.2) is 4.57 Å². The van der Waals surface area contributed by atoms with Gasteiger partial charge in [0.15, 0.2) is 0 Å². The van der Waals surface area contributed by atoms with Gasteiger partial charge in [0.1, 0.15) is 0 Å². The van der Waals surface area contributed by atoms with Crippen LogP contribution in [0.25, 0.3) is 21.3 Å². The molecule has 0 atom stereocenters. The number of aryl methyl sites for hydroxylation is 2. The van der Waals surface area contributed by atoms with E-state index in [1.807, 2.05) is 19.2 Å². The van der Waals surface area contributed by atoms with E-state index >= 15 is 0 Å². The number of hydrogen-bond acceptors (Lipinski definition) is 1. The molecular formula is C11H12N4. The van der Waals surface area contributed by atoms with E-state index in [1.54, 1.807) is 0 Å². The minimum absolute atomic E-state index is 0.410. The molecule has 1 aromatic carbocycles. The lowest BCUT2D eigenvalue weighted by atomic mass is 10.1. The van der Waals surface area contributed by atoms with Crippen molar-refractivity contribution < 1.29 is 0 Å². The van der Waals surface area contributed by atoms with Crippen LogP contribution in [0.3, 0.4) is 0 Å². The number of benzene rings is 1. The quantitative estimate of drug-likeness (QED) is 0.406. The second-order valence-corrected chi connectivity index (χ2v) is 3.54. The third-order valence-corrected chi connectivity index (χ3v) is 2.79. The first kappa shape index (κ1) is 9.62. The zero-order valence-electron chi connectivity index (χ0n) is 8.81. The molecular weight excluding hydrogens is 188 g/mol. The summed E-state index contributed by atoms with van der Waals surface area (Å²) in [6.45, 7) is 2.47. The molecule has 4 nitrogen and oxygen atoms in total. The van der Waals surface area contributed by atoms with Crippen LogP contribution in [0.4, 0.5) is 0 Å². The van der Waals surface area contributed by atoms with Crippen LogP contribution in [0.15, 0.2) is 29.4 Å². The molecule has 2 rings (SSSR count). The average molecular weight is 200 g/mol. The summed E-state index contributed by atoms with van der Waals surface area (Å²) in [5.74, 6) is 0. The summed E-state index contributed by atoms with van der Waals surface area (Å²) in [5.41, 5.74) is 11.8. The van der Waals surface area contributed by atoms with E-state index < -0.39 is 0 Å². The maximum atomic E-state index is 8.33. The van der Waals surface area contributed by atoms with Gasteiger partial charge in [0.2, 0.25) is 0 Å². The predicted molar refractivity (Wildman–Crippen MR) is 60.5 cm³/mol. The van der Waals surface area contributed by atoms with Crippen LogP contribution in [0.2, 0.25) is 0 Å². The van der Waals surface area contributed by atoms with Gasteiger partial charge in [-0.05, 0) is 24.1 Å². The molecule has 15 heavy (non-hydrogen) atoms. The fraction of sp³-hybridized carbons (Fsp3) is 0.273. The third-order valence-electron chi connectivity index (χ3n) is 2.79. The average Bonchev–Trinajstić information content (AvgIpc) is 2.51. The molecule has 0 saturated carbocycles. The molecule has 0 bridgehead atoms. The summed E-state index contributed by atoms with van der Waals surface area (Å²) >= 11 is 0. The van der Waals surface area contributed by atoms with Crippen molar-refractivity contribution in [3.8, 4) is 0 Å². The molecule has 0 unspecified atom stereocenters. The highest BCUT2D eigenvalue weighted by atomic mass is 15.1. The van der Waals surface area contributed by atoms with Gasteiger partial charge >= 0.3 is 0 Å². The normalized spacial score (nSPS) is 10.3. The van der Waals surface area contributed by atoms with Crippen molar-refractivity contribution in [2.75, 3.05) is 0 Å². The Morgan fingerprint density at radius 3 is 2.80 bits per heavy atom. The first-order valence-corrected chi connectivity index (χ1v) is 4.79. The molecule has 2 aromatic rings. The molecule has 1 aromatic heterocycles. The van der Waals surface area contributed by atoms with Gasteiger partial charge in [-0.1, -0.05) is 23.3 Å². The van der Waals surface area contributed by atoms with E-state index in [0.29, 0.717) is 6.54 Å². The Morgan fingerprint density at radius 1 is 1.40 bits per heavy atom. The Kier molecular flexibility index (Phi) is 2.35. The van der Waals surface area contributed by atoms with Gasteiger partial charge in [-0.2, -0.15) is 0 Å². The van der Waals surface area contributed by atoms with E-state index in [9.17, 15) is 0 Å². The van der Waals surface area contributed by atoms with E-state index in [2.05, 4.69) is 33.6 Å². The summed E-state index contributed by atoms with van der Waals surface area (Å²) in [5, 5.41) is 4.84. The van der Waals surface area contributed by atoms with Crippen molar-refractivity contribution in [2.45, 2.75) is 13.5 Å². The summed E-state index contributed by atoms with van der Waals surface area (Å²) in [7, 11) is 2.00. The van der Waals surface area contributed by atoms with Crippen molar-refractivity contribution in [1.82, 2.24) is 4.57 Å². The number of aromatic nitrogens is 1. The van der Waals surface area contributed by atoms with Crippen LogP contribution in [0.1, 0.15) is 11.3 Å². The Hall–Kier alpha value is -1.93. The highest BCUT2D eigenvalue weighted by Gasteiger charge is 2.09. The van der Waals surface area contributed by atoms with E-state index in [4.69, 9.17) is 5.53 Å². The van der Waals surface area contributed by atoms with Crippen LogP contribution in [0.5, 0.6) is 0 Å². The predicted octanol–water partition coefficient (Wildman–Crippen LogP) is 3.30. The lowest BCUT2D eigenvalue weighted by Gasteiger charge is -2.00. The molecule has 0 N–H and O–H groups in total. The zero-order valence-corrected chi connectivity index (χ0v) is 8.81.